The van der Waals surface area contributed by atoms with Gasteiger partial charge in [-0.3, -0.25) is 0 Å². The number of nitrogens with zero attached hydrogens (tertiary/aromatic N) is 3. The molecule has 2 aromatic heterocycles. The molecule has 0 radical (unpaired) electrons. The molecule has 168 valence electrons. The SMILES string of the molecule is CCOC(=O)c1cnc2c(c(-c3ccccc3)nn2-c2ccccc2)c1Nc1ccc(C)cc1. The van der Waals surface area contributed by atoms with Crippen molar-refractivity contribution < 1.29 is 9.53 Å². The number of fused-ring (bicyclic) bond motifs is 1. The van der Waals surface area contributed by atoms with E-state index in [2.05, 4.69) is 10.3 Å². The van der Waals surface area contributed by atoms with Gasteiger partial charge in [-0.2, -0.15) is 5.10 Å². The van der Waals surface area contributed by atoms with E-state index in [1.54, 1.807) is 13.1 Å². The van der Waals surface area contributed by atoms with Gasteiger partial charge in [-0.25, -0.2) is 14.5 Å². The molecule has 3 aromatic carbocycles. The van der Waals surface area contributed by atoms with E-state index in [-0.39, 0.29) is 6.61 Å². The van der Waals surface area contributed by atoms with Crippen LogP contribution in [0.25, 0.3) is 28.0 Å². The first kappa shape index (κ1) is 21.4. The molecule has 5 aromatic rings. The standard InChI is InChI=1S/C28H24N4O2/c1-3-34-28(33)23-18-29-27-24(26(23)30-21-16-14-19(2)15-17-21)25(20-10-6-4-7-11-20)31-32(27)22-12-8-5-9-13-22/h4-18H,3H2,1-2H3,(H,29,30). The van der Waals surface area contributed by atoms with E-state index in [4.69, 9.17) is 9.84 Å². The fourth-order valence-electron chi connectivity index (χ4n) is 3.91. The summed E-state index contributed by atoms with van der Waals surface area (Å²) in [5, 5.41) is 9.17. The smallest absolute Gasteiger partial charge is 0.341 e. The minimum Gasteiger partial charge on any atom is -0.462 e. The van der Waals surface area contributed by atoms with Crippen LogP contribution in [0.15, 0.2) is 91.1 Å². The Balaban J connectivity index is 1.82. The molecule has 2 heterocycles. The van der Waals surface area contributed by atoms with Crippen molar-refractivity contribution in [3.8, 4) is 16.9 Å². The number of aryl methyl sites for hydroxylation is 1. The van der Waals surface area contributed by atoms with E-state index in [0.717, 1.165) is 33.6 Å². The Morgan fingerprint density at radius 1 is 0.941 bits per heavy atom. The molecule has 6 nitrogen and oxygen atoms in total. The molecular formula is C28H24N4O2. The number of carbonyl (C=O) groups is 1. The van der Waals surface area contributed by atoms with Crippen LogP contribution in [0, 0.1) is 6.92 Å². The second-order valence-electron chi connectivity index (χ2n) is 7.92. The largest absolute Gasteiger partial charge is 0.462 e. The van der Waals surface area contributed by atoms with Gasteiger partial charge in [-0.05, 0) is 38.1 Å². The summed E-state index contributed by atoms with van der Waals surface area (Å²) in [7, 11) is 0. The van der Waals surface area contributed by atoms with Crippen LogP contribution >= 0.6 is 0 Å². The maximum Gasteiger partial charge on any atom is 0.341 e. The first-order valence-electron chi connectivity index (χ1n) is 11.2. The van der Waals surface area contributed by atoms with Crippen LogP contribution in [0.1, 0.15) is 22.8 Å². The van der Waals surface area contributed by atoms with Crippen molar-refractivity contribution in [2.45, 2.75) is 13.8 Å². The molecule has 0 aliphatic carbocycles. The highest BCUT2D eigenvalue weighted by atomic mass is 16.5. The number of carbonyl (C=O) groups excluding carboxylic acids is 1. The first-order valence-corrected chi connectivity index (χ1v) is 11.2. The van der Waals surface area contributed by atoms with Gasteiger partial charge in [-0.1, -0.05) is 66.2 Å². The molecule has 6 heteroatoms. The summed E-state index contributed by atoms with van der Waals surface area (Å²) in [5.74, 6) is -0.432. The molecule has 0 atom stereocenters. The zero-order valence-electron chi connectivity index (χ0n) is 19.0. The molecular weight excluding hydrogens is 424 g/mol. The average molecular weight is 449 g/mol. The predicted molar refractivity (Wildman–Crippen MR) is 135 cm³/mol. The number of hydrogen-bond donors (Lipinski definition) is 1. The highest BCUT2D eigenvalue weighted by Crippen LogP contribution is 2.37. The Kier molecular flexibility index (Phi) is 5.79. The van der Waals surface area contributed by atoms with Crippen molar-refractivity contribution in [3.63, 3.8) is 0 Å². The van der Waals surface area contributed by atoms with Crippen LogP contribution in [0.4, 0.5) is 11.4 Å². The summed E-state index contributed by atoms with van der Waals surface area (Å²) in [6.07, 6.45) is 1.56. The third-order valence-corrected chi connectivity index (χ3v) is 5.56. The van der Waals surface area contributed by atoms with E-state index in [1.165, 1.54) is 0 Å². The number of anilines is 2. The van der Waals surface area contributed by atoms with Gasteiger partial charge < -0.3 is 10.1 Å². The minimum atomic E-state index is -0.432. The van der Waals surface area contributed by atoms with E-state index in [0.29, 0.717) is 16.9 Å². The Labute approximate surface area is 197 Å². The van der Waals surface area contributed by atoms with Gasteiger partial charge >= 0.3 is 5.97 Å². The molecule has 0 bridgehead atoms. The molecule has 0 saturated carbocycles. The number of rotatable bonds is 6. The van der Waals surface area contributed by atoms with Gasteiger partial charge in [0.05, 0.1) is 23.4 Å². The maximum atomic E-state index is 12.9. The Morgan fingerprint density at radius 3 is 2.29 bits per heavy atom. The third-order valence-electron chi connectivity index (χ3n) is 5.56. The van der Waals surface area contributed by atoms with Crippen molar-refractivity contribution in [2.24, 2.45) is 0 Å². The van der Waals surface area contributed by atoms with Crippen molar-refractivity contribution in [2.75, 3.05) is 11.9 Å². The highest BCUT2D eigenvalue weighted by molar-refractivity contribution is 6.10. The predicted octanol–water partition coefficient (Wildman–Crippen LogP) is 6.32. The fraction of sp³-hybridized carbons (Fsp3) is 0.107. The first-order chi connectivity index (χ1) is 16.7. The molecule has 0 amide bonds. The van der Waals surface area contributed by atoms with Crippen LogP contribution < -0.4 is 5.32 Å². The summed E-state index contributed by atoms with van der Waals surface area (Å²) in [6.45, 7) is 4.10. The Hall–Kier alpha value is -4.45. The van der Waals surface area contributed by atoms with Crippen LogP contribution in [-0.4, -0.2) is 27.3 Å². The molecule has 0 aliphatic heterocycles. The Morgan fingerprint density at radius 2 is 1.62 bits per heavy atom. The average Bonchev–Trinajstić information content (AvgIpc) is 3.27. The fourth-order valence-corrected chi connectivity index (χ4v) is 3.91. The zero-order chi connectivity index (χ0) is 23.5. The number of esters is 1. The molecule has 34 heavy (non-hydrogen) atoms. The van der Waals surface area contributed by atoms with Crippen LogP contribution in [0.3, 0.4) is 0 Å². The lowest BCUT2D eigenvalue weighted by molar-refractivity contribution is 0.0527. The molecule has 0 saturated heterocycles. The summed E-state index contributed by atoms with van der Waals surface area (Å²) >= 11 is 0. The van der Waals surface area contributed by atoms with Gasteiger partial charge in [0.25, 0.3) is 0 Å². The lowest BCUT2D eigenvalue weighted by Gasteiger charge is -2.14. The second-order valence-corrected chi connectivity index (χ2v) is 7.92. The summed E-state index contributed by atoms with van der Waals surface area (Å²) in [4.78, 5) is 17.6. The normalized spacial score (nSPS) is 10.9. The van der Waals surface area contributed by atoms with E-state index >= 15 is 0 Å². The quantitative estimate of drug-likeness (QED) is 0.308. The van der Waals surface area contributed by atoms with Gasteiger partial charge in [0.2, 0.25) is 0 Å². The van der Waals surface area contributed by atoms with Gasteiger partial charge in [0.15, 0.2) is 5.65 Å². The van der Waals surface area contributed by atoms with Crippen LogP contribution in [0.5, 0.6) is 0 Å². The van der Waals surface area contributed by atoms with Crippen LogP contribution in [-0.2, 0) is 4.74 Å². The number of ether oxygens (including phenoxy) is 1. The maximum absolute atomic E-state index is 12.9. The van der Waals surface area contributed by atoms with E-state index < -0.39 is 5.97 Å². The number of benzene rings is 3. The second kappa shape index (κ2) is 9.19. The van der Waals surface area contributed by atoms with Crippen molar-refractivity contribution in [1.29, 1.82) is 0 Å². The number of pyridine rings is 1. The van der Waals surface area contributed by atoms with E-state index in [1.807, 2.05) is 96.5 Å². The molecule has 0 unspecified atom stereocenters. The van der Waals surface area contributed by atoms with Gasteiger partial charge in [0.1, 0.15) is 11.3 Å². The van der Waals surface area contributed by atoms with Crippen molar-refractivity contribution in [3.05, 3.63) is 102 Å². The molecule has 0 aliphatic rings. The Bertz CT molecular complexity index is 1440. The number of hydrogen-bond acceptors (Lipinski definition) is 5. The van der Waals surface area contributed by atoms with Crippen molar-refractivity contribution >= 4 is 28.4 Å². The third kappa shape index (κ3) is 4.01. The molecule has 1 N–H and O–H groups in total. The van der Waals surface area contributed by atoms with Gasteiger partial charge in [-0.15, -0.1) is 0 Å². The summed E-state index contributed by atoms with van der Waals surface area (Å²) in [5.41, 5.74) is 6.17. The number of aromatic nitrogens is 3. The van der Waals surface area contributed by atoms with E-state index in [9.17, 15) is 4.79 Å². The number of para-hydroxylation sites is 1. The lowest BCUT2D eigenvalue weighted by Crippen LogP contribution is -2.09. The van der Waals surface area contributed by atoms with Crippen molar-refractivity contribution in [1.82, 2.24) is 14.8 Å². The molecule has 0 fully saturated rings. The van der Waals surface area contributed by atoms with Crippen LogP contribution in [0.2, 0.25) is 0 Å². The topological polar surface area (TPSA) is 69.0 Å². The summed E-state index contributed by atoms with van der Waals surface area (Å²) in [6, 6.07) is 27.8. The minimum absolute atomic E-state index is 0.273. The molecule has 0 spiro atoms. The highest BCUT2D eigenvalue weighted by Gasteiger charge is 2.24. The molecule has 5 rings (SSSR count). The monoisotopic (exact) mass is 448 g/mol. The van der Waals surface area contributed by atoms with Gasteiger partial charge in [0, 0.05) is 17.4 Å². The summed E-state index contributed by atoms with van der Waals surface area (Å²) < 4.78 is 7.18. The zero-order valence-corrected chi connectivity index (χ0v) is 19.0. The number of nitrogens with one attached hydrogen (secondary N) is 1. The lowest BCUT2D eigenvalue weighted by atomic mass is 10.1.